The summed E-state index contributed by atoms with van der Waals surface area (Å²) < 4.78 is 0. The molecule has 1 aliphatic carbocycles. The molecular formula is C26H52. The third-order valence-electron chi connectivity index (χ3n) is 7.45. The summed E-state index contributed by atoms with van der Waals surface area (Å²) in [4.78, 5) is 0. The van der Waals surface area contributed by atoms with Gasteiger partial charge in [-0.1, -0.05) is 95.4 Å². The van der Waals surface area contributed by atoms with Crippen LogP contribution in [-0.2, 0) is 0 Å². The van der Waals surface area contributed by atoms with Crippen molar-refractivity contribution in [2.45, 2.75) is 122 Å². The summed E-state index contributed by atoms with van der Waals surface area (Å²) in [6.07, 6.45) is 13.1. The second-order valence-electron chi connectivity index (χ2n) is 10.3. The highest BCUT2D eigenvalue weighted by Gasteiger charge is 2.51. The van der Waals surface area contributed by atoms with Crippen LogP contribution >= 0.6 is 0 Å². The Kier molecular flexibility index (Phi) is 12.9. The van der Waals surface area contributed by atoms with E-state index in [1.54, 1.807) is 6.92 Å². The van der Waals surface area contributed by atoms with Crippen LogP contribution in [0.25, 0.3) is 0 Å². The minimum atomic E-state index is 0.463. The molecule has 0 radical (unpaired) electrons. The smallest absolute Gasteiger partial charge is 0.00297 e. The van der Waals surface area contributed by atoms with E-state index in [4.69, 9.17) is 0 Å². The van der Waals surface area contributed by atoms with E-state index in [0.29, 0.717) is 16.2 Å². The number of hydrogen-bond acceptors (Lipinski definition) is 0. The highest BCUT2D eigenvalue weighted by molar-refractivity contribution is 5.01. The number of hydrogen-bond donors (Lipinski definition) is 0. The lowest BCUT2D eigenvalue weighted by Gasteiger charge is -2.41. The van der Waals surface area contributed by atoms with Crippen LogP contribution in [0.2, 0.25) is 0 Å². The van der Waals surface area contributed by atoms with Crippen molar-refractivity contribution < 1.29 is 0 Å². The average Bonchev–Trinajstić information content (AvgIpc) is 2.82. The fourth-order valence-electron chi connectivity index (χ4n) is 4.40. The molecule has 1 aliphatic rings. The number of terminal acetylenes is 1. The third kappa shape index (κ3) is 8.06. The fraction of sp³-hybridized carbons (Fsp3) is 0.923. The molecule has 0 saturated heterocycles. The molecule has 4 unspecified atom stereocenters. The first kappa shape index (κ1) is 27.8. The standard InChI is InChI=1S/C21H42.C3H4.C2H6/c1-10-20(8)14-18(16(2)3)15-21(20,9)13-11-12-17(4)19(5,6)7;1-3-2;1-2/h16-18H,10-15H2,1-9H3;1H,2H3;1-2H3. The van der Waals surface area contributed by atoms with E-state index < -0.39 is 0 Å². The molecular weight excluding hydrogens is 312 g/mol. The molecule has 0 amide bonds. The Bertz CT molecular complexity index is 391. The van der Waals surface area contributed by atoms with Crippen molar-refractivity contribution in [3.05, 3.63) is 0 Å². The molecule has 4 atom stereocenters. The van der Waals surface area contributed by atoms with Gasteiger partial charge in [0.25, 0.3) is 0 Å². The molecule has 1 fully saturated rings. The second-order valence-corrected chi connectivity index (χ2v) is 10.3. The van der Waals surface area contributed by atoms with E-state index in [0.717, 1.165) is 17.8 Å². The zero-order valence-electron chi connectivity index (χ0n) is 20.6. The summed E-state index contributed by atoms with van der Waals surface area (Å²) in [5.41, 5.74) is 1.59. The van der Waals surface area contributed by atoms with Crippen molar-refractivity contribution in [2.75, 3.05) is 0 Å². The molecule has 0 spiro atoms. The van der Waals surface area contributed by atoms with E-state index in [9.17, 15) is 0 Å². The maximum atomic E-state index is 4.60. The van der Waals surface area contributed by atoms with Gasteiger partial charge in [-0.3, -0.25) is 0 Å². The summed E-state index contributed by atoms with van der Waals surface area (Å²) >= 11 is 0. The van der Waals surface area contributed by atoms with Gasteiger partial charge in [0.2, 0.25) is 0 Å². The fourth-order valence-corrected chi connectivity index (χ4v) is 4.40. The summed E-state index contributed by atoms with van der Waals surface area (Å²) in [6.45, 7) is 27.7. The maximum Gasteiger partial charge on any atom is -0.00297 e. The van der Waals surface area contributed by atoms with E-state index in [1.165, 1.54) is 38.5 Å². The molecule has 0 bridgehead atoms. The first-order valence-electron chi connectivity index (χ1n) is 11.2. The van der Waals surface area contributed by atoms with E-state index >= 15 is 0 Å². The molecule has 26 heavy (non-hydrogen) atoms. The first-order chi connectivity index (χ1) is 11.9. The Labute approximate surface area is 168 Å². The summed E-state index contributed by atoms with van der Waals surface area (Å²) in [7, 11) is 0. The molecule has 0 aliphatic heterocycles. The molecule has 0 nitrogen and oxygen atoms in total. The van der Waals surface area contributed by atoms with Gasteiger partial charge in [0.05, 0.1) is 0 Å². The first-order valence-corrected chi connectivity index (χ1v) is 11.2. The van der Waals surface area contributed by atoms with Crippen molar-refractivity contribution in [2.24, 2.45) is 34.0 Å². The van der Waals surface area contributed by atoms with Crippen LogP contribution in [0.5, 0.6) is 0 Å². The predicted molar refractivity (Wildman–Crippen MR) is 122 cm³/mol. The van der Waals surface area contributed by atoms with Crippen LogP contribution in [0.4, 0.5) is 0 Å². The lowest BCUT2D eigenvalue weighted by Crippen LogP contribution is -2.32. The molecule has 0 aromatic heterocycles. The molecule has 1 rings (SSSR count). The zero-order valence-corrected chi connectivity index (χ0v) is 20.6. The van der Waals surface area contributed by atoms with Gasteiger partial charge in [0.15, 0.2) is 0 Å². The van der Waals surface area contributed by atoms with E-state index in [2.05, 4.69) is 74.7 Å². The average molecular weight is 365 g/mol. The Morgan fingerprint density at radius 1 is 1.04 bits per heavy atom. The zero-order chi connectivity index (χ0) is 21.2. The Morgan fingerprint density at radius 3 is 1.81 bits per heavy atom. The summed E-state index contributed by atoms with van der Waals surface area (Å²) in [6, 6.07) is 0. The van der Waals surface area contributed by atoms with Crippen molar-refractivity contribution in [3.8, 4) is 12.3 Å². The van der Waals surface area contributed by atoms with Crippen LogP contribution in [0, 0.1) is 46.3 Å². The van der Waals surface area contributed by atoms with Crippen LogP contribution in [0.3, 0.4) is 0 Å². The normalized spacial score (nSPS) is 29.2. The van der Waals surface area contributed by atoms with Crippen molar-refractivity contribution in [1.29, 1.82) is 0 Å². The minimum absolute atomic E-state index is 0.463. The van der Waals surface area contributed by atoms with Gasteiger partial charge in [-0.2, -0.15) is 0 Å². The lowest BCUT2D eigenvalue weighted by atomic mass is 9.63. The third-order valence-corrected chi connectivity index (χ3v) is 7.45. The topological polar surface area (TPSA) is 0 Å². The second kappa shape index (κ2) is 12.1. The van der Waals surface area contributed by atoms with Gasteiger partial charge >= 0.3 is 0 Å². The molecule has 0 aromatic carbocycles. The van der Waals surface area contributed by atoms with Crippen molar-refractivity contribution in [3.63, 3.8) is 0 Å². The summed E-state index contributed by atoms with van der Waals surface area (Å²) in [5.74, 6) is 4.88. The monoisotopic (exact) mass is 364 g/mol. The Hall–Kier alpha value is -0.440. The molecule has 0 aromatic rings. The van der Waals surface area contributed by atoms with Crippen LogP contribution in [-0.4, -0.2) is 0 Å². The molecule has 0 heterocycles. The minimum Gasteiger partial charge on any atom is -0.120 e. The Morgan fingerprint density at radius 2 is 1.46 bits per heavy atom. The van der Waals surface area contributed by atoms with Gasteiger partial charge in [-0.25, -0.2) is 0 Å². The van der Waals surface area contributed by atoms with Crippen LogP contribution < -0.4 is 0 Å². The number of rotatable bonds is 6. The molecule has 156 valence electrons. The highest BCUT2D eigenvalue weighted by atomic mass is 14.6. The van der Waals surface area contributed by atoms with Crippen LogP contribution in [0.15, 0.2) is 0 Å². The molecule has 0 N–H and O–H groups in total. The van der Waals surface area contributed by atoms with Gasteiger partial charge in [0.1, 0.15) is 0 Å². The van der Waals surface area contributed by atoms with Crippen LogP contribution in [0.1, 0.15) is 122 Å². The van der Waals surface area contributed by atoms with Gasteiger partial charge in [-0.05, 0) is 60.2 Å². The summed E-state index contributed by atoms with van der Waals surface area (Å²) in [5, 5.41) is 0. The predicted octanol–water partition coefficient (Wildman–Crippen LogP) is 8.99. The van der Waals surface area contributed by atoms with Gasteiger partial charge < -0.3 is 0 Å². The highest BCUT2D eigenvalue weighted by Crippen LogP contribution is 2.60. The largest absolute Gasteiger partial charge is 0.120 e. The van der Waals surface area contributed by atoms with Gasteiger partial charge in [0, 0.05) is 0 Å². The van der Waals surface area contributed by atoms with Gasteiger partial charge in [-0.15, -0.1) is 12.3 Å². The molecule has 1 saturated carbocycles. The molecule has 0 heteroatoms. The lowest BCUT2D eigenvalue weighted by molar-refractivity contribution is 0.0860. The van der Waals surface area contributed by atoms with Crippen molar-refractivity contribution >= 4 is 0 Å². The quantitative estimate of drug-likeness (QED) is 0.412. The van der Waals surface area contributed by atoms with E-state index in [1.807, 2.05) is 13.8 Å². The maximum absolute atomic E-state index is 4.60. The Balaban J connectivity index is 0. The van der Waals surface area contributed by atoms with Crippen molar-refractivity contribution in [1.82, 2.24) is 0 Å². The SMILES string of the molecule is C#CC.CC.CCC1(C)CC(C(C)C)CC1(C)CCCC(C)C(C)(C)C. The van der Waals surface area contributed by atoms with E-state index in [-0.39, 0.29) is 0 Å².